The fourth-order valence-electron chi connectivity index (χ4n) is 3.49. The van der Waals surface area contributed by atoms with Crippen LogP contribution in [0.4, 0.5) is 36.6 Å². The van der Waals surface area contributed by atoms with Gasteiger partial charge in [-0.25, -0.2) is 23.5 Å². The fraction of sp³-hybridized carbons (Fsp3) is 0.261. The summed E-state index contributed by atoms with van der Waals surface area (Å²) in [5.74, 6) is 0.622. The van der Waals surface area contributed by atoms with Crippen LogP contribution < -0.4 is 15.5 Å². The minimum absolute atomic E-state index is 0.0444. The van der Waals surface area contributed by atoms with Gasteiger partial charge in [-0.1, -0.05) is 17.7 Å². The first-order valence-electron chi connectivity index (χ1n) is 10.3. The molecule has 166 valence electrons. The van der Waals surface area contributed by atoms with E-state index in [0.717, 1.165) is 23.6 Å². The van der Waals surface area contributed by atoms with Crippen LogP contribution in [0, 0.1) is 25.5 Å². The molecule has 0 unspecified atom stereocenters. The summed E-state index contributed by atoms with van der Waals surface area (Å²) in [6, 6.07) is 12.6. The number of aromatic nitrogens is 2. The number of anilines is 4. The van der Waals surface area contributed by atoms with E-state index in [9.17, 15) is 13.6 Å². The summed E-state index contributed by atoms with van der Waals surface area (Å²) < 4.78 is 26.9. The molecule has 0 saturated carbocycles. The van der Waals surface area contributed by atoms with Gasteiger partial charge in [0.2, 0.25) is 0 Å². The van der Waals surface area contributed by atoms with E-state index < -0.39 is 17.7 Å². The number of benzene rings is 2. The number of piperazine rings is 1. The van der Waals surface area contributed by atoms with E-state index in [1.807, 2.05) is 44.2 Å². The maximum absolute atomic E-state index is 13.8. The van der Waals surface area contributed by atoms with Gasteiger partial charge in [0.25, 0.3) is 0 Å². The van der Waals surface area contributed by atoms with Crippen molar-refractivity contribution in [3.8, 4) is 0 Å². The molecule has 0 spiro atoms. The topological polar surface area (TPSA) is 73.4 Å². The van der Waals surface area contributed by atoms with Gasteiger partial charge in [0.15, 0.2) is 0 Å². The van der Waals surface area contributed by atoms with E-state index in [1.54, 1.807) is 4.90 Å². The van der Waals surface area contributed by atoms with Gasteiger partial charge in [-0.05, 0) is 38.1 Å². The Hall–Kier alpha value is -3.75. The van der Waals surface area contributed by atoms with Crippen molar-refractivity contribution in [2.75, 3.05) is 41.7 Å². The highest BCUT2D eigenvalue weighted by molar-refractivity contribution is 5.89. The molecule has 1 aliphatic heterocycles. The van der Waals surface area contributed by atoms with Crippen LogP contribution in [0.2, 0.25) is 0 Å². The van der Waals surface area contributed by atoms with Crippen LogP contribution in [0.5, 0.6) is 0 Å². The van der Waals surface area contributed by atoms with Gasteiger partial charge in [0, 0.05) is 44.0 Å². The zero-order valence-corrected chi connectivity index (χ0v) is 17.9. The number of halogens is 2. The fourth-order valence-corrected chi connectivity index (χ4v) is 3.49. The van der Waals surface area contributed by atoms with Crippen molar-refractivity contribution in [2.24, 2.45) is 0 Å². The van der Waals surface area contributed by atoms with E-state index >= 15 is 0 Å². The standard InChI is InChI=1S/C23H24F2N6O/c1-15-3-6-18(7-4-15)28-21-14-22(27-16(2)26-21)30-9-11-31(12-10-30)23(32)29-20-8-5-17(24)13-19(20)25/h3-8,13-14H,9-12H2,1-2H3,(H,29,32)(H,26,27,28). The maximum Gasteiger partial charge on any atom is 0.322 e. The number of amides is 2. The van der Waals surface area contributed by atoms with E-state index in [1.165, 1.54) is 11.6 Å². The Morgan fingerprint density at radius 2 is 1.66 bits per heavy atom. The molecule has 1 aromatic heterocycles. The Morgan fingerprint density at radius 3 is 2.34 bits per heavy atom. The summed E-state index contributed by atoms with van der Waals surface area (Å²) in [5.41, 5.74) is 2.07. The number of carbonyl (C=O) groups excluding carboxylic acids is 1. The molecule has 0 atom stereocenters. The predicted octanol–water partition coefficient (Wildman–Crippen LogP) is 4.47. The number of nitrogens with one attached hydrogen (secondary N) is 2. The van der Waals surface area contributed by atoms with Gasteiger partial charge in [0.05, 0.1) is 5.69 Å². The van der Waals surface area contributed by atoms with Crippen LogP contribution >= 0.6 is 0 Å². The van der Waals surface area contributed by atoms with E-state index in [0.29, 0.717) is 37.8 Å². The SMILES string of the molecule is Cc1ccc(Nc2cc(N3CCN(C(=O)Nc4ccc(F)cc4F)CC3)nc(C)n2)cc1. The first-order valence-corrected chi connectivity index (χ1v) is 10.3. The molecule has 2 aromatic carbocycles. The van der Waals surface area contributed by atoms with Crippen molar-refractivity contribution < 1.29 is 13.6 Å². The predicted molar refractivity (Wildman–Crippen MR) is 120 cm³/mol. The summed E-state index contributed by atoms with van der Waals surface area (Å²) in [4.78, 5) is 25.2. The second kappa shape index (κ2) is 9.17. The minimum Gasteiger partial charge on any atom is -0.353 e. The molecule has 0 aliphatic carbocycles. The van der Waals surface area contributed by atoms with E-state index in [2.05, 4.69) is 25.5 Å². The van der Waals surface area contributed by atoms with Crippen LogP contribution in [0.15, 0.2) is 48.5 Å². The molecule has 0 bridgehead atoms. The smallest absolute Gasteiger partial charge is 0.322 e. The lowest BCUT2D eigenvalue weighted by Crippen LogP contribution is -2.50. The molecule has 3 aromatic rings. The molecular formula is C23H24F2N6O. The lowest BCUT2D eigenvalue weighted by molar-refractivity contribution is 0.208. The van der Waals surface area contributed by atoms with Crippen molar-refractivity contribution in [1.29, 1.82) is 0 Å². The van der Waals surface area contributed by atoms with Crippen LogP contribution in [0.3, 0.4) is 0 Å². The Morgan fingerprint density at radius 1 is 0.938 bits per heavy atom. The van der Waals surface area contributed by atoms with Gasteiger partial charge in [-0.2, -0.15) is 0 Å². The molecule has 32 heavy (non-hydrogen) atoms. The quantitative estimate of drug-likeness (QED) is 0.629. The third-order valence-electron chi connectivity index (χ3n) is 5.21. The Kier molecular flexibility index (Phi) is 6.16. The second-order valence-corrected chi connectivity index (χ2v) is 7.68. The highest BCUT2D eigenvalue weighted by Crippen LogP contribution is 2.22. The third kappa shape index (κ3) is 5.11. The number of rotatable bonds is 4. The van der Waals surface area contributed by atoms with Crippen molar-refractivity contribution in [3.63, 3.8) is 0 Å². The highest BCUT2D eigenvalue weighted by atomic mass is 19.1. The molecule has 1 fully saturated rings. The summed E-state index contributed by atoms with van der Waals surface area (Å²) in [7, 11) is 0. The average molecular weight is 438 g/mol. The van der Waals surface area contributed by atoms with Crippen LogP contribution in [-0.2, 0) is 0 Å². The first kappa shape index (κ1) is 21.5. The van der Waals surface area contributed by atoms with Crippen molar-refractivity contribution in [1.82, 2.24) is 14.9 Å². The van der Waals surface area contributed by atoms with Gasteiger partial charge in [-0.3, -0.25) is 0 Å². The zero-order chi connectivity index (χ0) is 22.7. The third-order valence-corrected chi connectivity index (χ3v) is 5.21. The number of hydrogen-bond acceptors (Lipinski definition) is 5. The lowest BCUT2D eigenvalue weighted by Gasteiger charge is -2.35. The first-order chi connectivity index (χ1) is 15.4. The van der Waals surface area contributed by atoms with Crippen LogP contribution in [-0.4, -0.2) is 47.1 Å². The molecule has 7 nitrogen and oxygen atoms in total. The monoisotopic (exact) mass is 438 g/mol. The molecule has 9 heteroatoms. The molecule has 2 amide bonds. The van der Waals surface area contributed by atoms with Gasteiger partial charge in [-0.15, -0.1) is 0 Å². The Labute approximate surface area is 185 Å². The second-order valence-electron chi connectivity index (χ2n) is 7.68. The highest BCUT2D eigenvalue weighted by Gasteiger charge is 2.23. The normalized spacial score (nSPS) is 13.8. The number of carbonyl (C=O) groups is 1. The molecule has 1 aliphatic rings. The summed E-state index contributed by atoms with van der Waals surface area (Å²) in [6.45, 7) is 5.90. The number of aryl methyl sites for hydroxylation is 2. The zero-order valence-electron chi connectivity index (χ0n) is 17.9. The van der Waals surface area contributed by atoms with Crippen molar-refractivity contribution in [3.05, 3.63) is 71.6 Å². The van der Waals surface area contributed by atoms with Gasteiger partial charge < -0.3 is 20.4 Å². The van der Waals surface area contributed by atoms with Gasteiger partial charge in [0.1, 0.15) is 29.1 Å². The van der Waals surface area contributed by atoms with Crippen molar-refractivity contribution in [2.45, 2.75) is 13.8 Å². The lowest BCUT2D eigenvalue weighted by atomic mass is 10.2. The Balaban J connectivity index is 1.38. The average Bonchev–Trinajstić information content (AvgIpc) is 2.77. The Bertz CT molecular complexity index is 1110. The minimum atomic E-state index is -0.804. The van der Waals surface area contributed by atoms with Crippen molar-refractivity contribution >= 4 is 29.0 Å². The number of urea groups is 1. The number of nitrogens with zero attached hydrogens (tertiary/aromatic N) is 4. The largest absolute Gasteiger partial charge is 0.353 e. The molecular weight excluding hydrogens is 414 g/mol. The summed E-state index contributed by atoms with van der Waals surface area (Å²) >= 11 is 0. The molecule has 1 saturated heterocycles. The molecule has 0 radical (unpaired) electrons. The van der Waals surface area contributed by atoms with Crippen LogP contribution in [0.25, 0.3) is 0 Å². The van der Waals surface area contributed by atoms with Crippen LogP contribution in [0.1, 0.15) is 11.4 Å². The van der Waals surface area contributed by atoms with Gasteiger partial charge >= 0.3 is 6.03 Å². The maximum atomic E-state index is 13.8. The summed E-state index contributed by atoms with van der Waals surface area (Å²) in [5, 5.41) is 5.80. The van der Waals surface area contributed by atoms with E-state index in [-0.39, 0.29) is 5.69 Å². The number of hydrogen-bond donors (Lipinski definition) is 2. The summed E-state index contributed by atoms with van der Waals surface area (Å²) in [6.07, 6.45) is 0. The van der Waals surface area contributed by atoms with E-state index in [4.69, 9.17) is 0 Å². The molecule has 4 rings (SSSR count). The molecule has 2 N–H and O–H groups in total. The molecule has 2 heterocycles.